The number of phenolic OH excluding ortho intramolecular Hbond substituents is 1. The predicted octanol–water partition coefficient (Wildman–Crippen LogP) is 1.78. The van der Waals surface area contributed by atoms with Gasteiger partial charge in [0, 0.05) is 18.9 Å². The van der Waals surface area contributed by atoms with E-state index in [1.54, 1.807) is 12.1 Å². The van der Waals surface area contributed by atoms with Gasteiger partial charge in [0.25, 0.3) is 0 Å². The Morgan fingerprint density at radius 2 is 2.00 bits per heavy atom. The summed E-state index contributed by atoms with van der Waals surface area (Å²) in [5.74, 6) is 0.824. The Labute approximate surface area is 89.1 Å². The van der Waals surface area contributed by atoms with Gasteiger partial charge < -0.3 is 10.4 Å². The van der Waals surface area contributed by atoms with Crippen molar-refractivity contribution < 1.29 is 9.90 Å². The molecule has 1 saturated heterocycles. The molecular weight excluding hydrogens is 190 g/mol. The van der Waals surface area contributed by atoms with Crippen molar-refractivity contribution in [2.45, 2.75) is 25.2 Å². The molecule has 0 saturated carbocycles. The summed E-state index contributed by atoms with van der Waals surface area (Å²) in [7, 11) is 0. The molecule has 2 rings (SSSR count). The summed E-state index contributed by atoms with van der Waals surface area (Å²) >= 11 is 0. The lowest BCUT2D eigenvalue weighted by Crippen LogP contribution is -2.24. The average molecular weight is 205 g/mol. The molecule has 1 aromatic rings. The first kappa shape index (κ1) is 10.0. The van der Waals surface area contributed by atoms with Crippen molar-refractivity contribution in [1.29, 1.82) is 0 Å². The third-order valence-corrected chi connectivity index (χ3v) is 2.87. The molecule has 1 aliphatic rings. The van der Waals surface area contributed by atoms with Gasteiger partial charge in [-0.2, -0.15) is 0 Å². The molecule has 0 radical (unpaired) electrons. The normalized spacial score (nSPS) is 21.9. The van der Waals surface area contributed by atoms with E-state index < -0.39 is 0 Å². The Hall–Kier alpha value is -1.51. The summed E-state index contributed by atoms with van der Waals surface area (Å²) in [6.07, 6.45) is 2.61. The Morgan fingerprint density at radius 3 is 2.73 bits per heavy atom. The number of carbonyl (C=O) groups is 1. The number of aromatic hydroxyl groups is 1. The maximum Gasteiger partial charge on any atom is 0.220 e. The maximum atomic E-state index is 11.2. The standard InChI is InChI=1S/C12H15NO2/c14-11-6-4-9(5-7-11)10-2-1-3-12(15)13-8-10/h4-7,10,14H,1-3,8H2,(H,13,15). The lowest BCUT2D eigenvalue weighted by Gasteiger charge is -2.14. The predicted molar refractivity (Wildman–Crippen MR) is 57.7 cm³/mol. The van der Waals surface area contributed by atoms with Crippen LogP contribution < -0.4 is 5.32 Å². The second-order valence-electron chi connectivity index (χ2n) is 3.98. The van der Waals surface area contributed by atoms with E-state index in [1.165, 1.54) is 5.56 Å². The minimum atomic E-state index is 0.149. The monoisotopic (exact) mass is 205 g/mol. The number of carbonyl (C=O) groups excluding carboxylic acids is 1. The van der Waals surface area contributed by atoms with Crippen molar-refractivity contribution in [2.75, 3.05) is 6.54 Å². The van der Waals surface area contributed by atoms with Gasteiger partial charge in [-0.3, -0.25) is 4.79 Å². The summed E-state index contributed by atoms with van der Waals surface area (Å²) in [5.41, 5.74) is 1.19. The van der Waals surface area contributed by atoms with Crippen LogP contribution in [0.15, 0.2) is 24.3 Å². The van der Waals surface area contributed by atoms with Crippen LogP contribution in [0.2, 0.25) is 0 Å². The van der Waals surface area contributed by atoms with E-state index in [4.69, 9.17) is 0 Å². The fourth-order valence-electron chi connectivity index (χ4n) is 1.97. The molecule has 1 atom stereocenters. The van der Waals surface area contributed by atoms with Crippen LogP contribution in [0, 0.1) is 0 Å². The van der Waals surface area contributed by atoms with E-state index in [0.29, 0.717) is 18.9 Å². The highest BCUT2D eigenvalue weighted by Gasteiger charge is 2.16. The number of nitrogens with one attached hydrogen (secondary N) is 1. The second kappa shape index (κ2) is 4.34. The van der Waals surface area contributed by atoms with Gasteiger partial charge in [0.05, 0.1) is 0 Å². The number of rotatable bonds is 1. The van der Waals surface area contributed by atoms with Gasteiger partial charge in [-0.1, -0.05) is 12.1 Å². The van der Waals surface area contributed by atoms with Crippen LogP contribution in [0.4, 0.5) is 0 Å². The molecule has 0 aromatic heterocycles. The molecule has 0 bridgehead atoms. The minimum Gasteiger partial charge on any atom is -0.508 e. The van der Waals surface area contributed by atoms with Crippen molar-refractivity contribution in [2.24, 2.45) is 0 Å². The van der Waals surface area contributed by atoms with Gasteiger partial charge in [-0.25, -0.2) is 0 Å². The minimum absolute atomic E-state index is 0.149. The molecule has 3 heteroatoms. The third-order valence-electron chi connectivity index (χ3n) is 2.87. The summed E-state index contributed by atoms with van der Waals surface area (Å²) < 4.78 is 0. The average Bonchev–Trinajstić information content (AvgIpc) is 2.44. The molecule has 1 unspecified atom stereocenters. The summed E-state index contributed by atoms with van der Waals surface area (Å²) in [5, 5.41) is 12.1. The molecule has 1 amide bonds. The van der Waals surface area contributed by atoms with E-state index in [9.17, 15) is 9.90 Å². The van der Waals surface area contributed by atoms with Crippen LogP contribution in [-0.4, -0.2) is 17.6 Å². The highest BCUT2D eigenvalue weighted by Crippen LogP contribution is 2.24. The van der Waals surface area contributed by atoms with E-state index in [0.717, 1.165) is 12.8 Å². The van der Waals surface area contributed by atoms with Crippen LogP contribution in [0.3, 0.4) is 0 Å². The first-order chi connectivity index (χ1) is 7.25. The molecule has 0 aliphatic carbocycles. The lowest BCUT2D eigenvalue weighted by molar-refractivity contribution is -0.120. The zero-order chi connectivity index (χ0) is 10.7. The van der Waals surface area contributed by atoms with Crippen LogP contribution in [0.25, 0.3) is 0 Å². The van der Waals surface area contributed by atoms with Gasteiger partial charge in [-0.15, -0.1) is 0 Å². The number of hydrogen-bond acceptors (Lipinski definition) is 2. The molecule has 80 valence electrons. The number of amides is 1. The Morgan fingerprint density at radius 1 is 1.27 bits per heavy atom. The molecule has 0 spiro atoms. The summed E-state index contributed by atoms with van der Waals surface area (Å²) in [4.78, 5) is 11.2. The van der Waals surface area contributed by atoms with Crippen LogP contribution in [-0.2, 0) is 4.79 Å². The first-order valence-corrected chi connectivity index (χ1v) is 5.31. The molecule has 1 aromatic carbocycles. The van der Waals surface area contributed by atoms with Crippen LogP contribution >= 0.6 is 0 Å². The lowest BCUT2D eigenvalue weighted by atomic mass is 9.94. The molecule has 15 heavy (non-hydrogen) atoms. The Kier molecular flexibility index (Phi) is 2.90. The maximum absolute atomic E-state index is 11.2. The van der Waals surface area contributed by atoms with E-state index in [1.807, 2.05) is 12.1 Å². The number of hydrogen-bond donors (Lipinski definition) is 2. The van der Waals surface area contributed by atoms with Crippen molar-refractivity contribution in [3.8, 4) is 5.75 Å². The van der Waals surface area contributed by atoms with Crippen molar-refractivity contribution in [3.63, 3.8) is 0 Å². The van der Waals surface area contributed by atoms with Crippen molar-refractivity contribution >= 4 is 5.91 Å². The fraction of sp³-hybridized carbons (Fsp3) is 0.417. The van der Waals surface area contributed by atoms with E-state index in [2.05, 4.69) is 5.32 Å². The van der Waals surface area contributed by atoms with E-state index in [-0.39, 0.29) is 11.7 Å². The smallest absolute Gasteiger partial charge is 0.220 e. The molecule has 1 fully saturated rings. The van der Waals surface area contributed by atoms with Gasteiger partial charge in [0.1, 0.15) is 5.75 Å². The fourth-order valence-corrected chi connectivity index (χ4v) is 1.97. The summed E-state index contributed by atoms with van der Waals surface area (Å²) in [6.45, 7) is 0.712. The van der Waals surface area contributed by atoms with Gasteiger partial charge in [0.2, 0.25) is 5.91 Å². The highest BCUT2D eigenvalue weighted by atomic mass is 16.3. The van der Waals surface area contributed by atoms with Gasteiger partial charge in [0.15, 0.2) is 0 Å². The molecule has 1 aliphatic heterocycles. The highest BCUT2D eigenvalue weighted by molar-refractivity contribution is 5.76. The quantitative estimate of drug-likeness (QED) is 0.734. The Bertz CT molecular complexity index is 345. The molecule has 1 heterocycles. The molecular formula is C12H15NO2. The molecule has 3 nitrogen and oxygen atoms in total. The largest absolute Gasteiger partial charge is 0.508 e. The second-order valence-corrected chi connectivity index (χ2v) is 3.98. The van der Waals surface area contributed by atoms with Crippen LogP contribution in [0.5, 0.6) is 5.75 Å². The van der Waals surface area contributed by atoms with Crippen molar-refractivity contribution in [1.82, 2.24) is 5.32 Å². The third kappa shape index (κ3) is 2.49. The number of phenols is 1. The van der Waals surface area contributed by atoms with Gasteiger partial charge >= 0.3 is 0 Å². The van der Waals surface area contributed by atoms with Crippen LogP contribution in [0.1, 0.15) is 30.7 Å². The topological polar surface area (TPSA) is 49.3 Å². The zero-order valence-electron chi connectivity index (χ0n) is 8.57. The summed E-state index contributed by atoms with van der Waals surface area (Å²) in [6, 6.07) is 7.25. The molecule has 2 N–H and O–H groups in total. The zero-order valence-corrected chi connectivity index (χ0v) is 8.57. The Balaban J connectivity index is 2.09. The van der Waals surface area contributed by atoms with Crippen molar-refractivity contribution in [3.05, 3.63) is 29.8 Å². The SMILES string of the molecule is O=C1CCCC(c2ccc(O)cc2)CN1. The number of benzene rings is 1. The van der Waals surface area contributed by atoms with Gasteiger partial charge in [-0.05, 0) is 30.5 Å². The first-order valence-electron chi connectivity index (χ1n) is 5.31. The van der Waals surface area contributed by atoms with E-state index >= 15 is 0 Å².